The van der Waals surface area contributed by atoms with Crippen molar-refractivity contribution >= 4 is 0 Å². The van der Waals surface area contributed by atoms with Gasteiger partial charge in [0.25, 0.3) is 0 Å². The third kappa shape index (κ3) is 4.12. The Balaban J connectivity index is 1.84. The van der Waals surface area contributed by atoms with E-state index < -0.39 is 0 Å². The quantitative estimate of drug-likeness (QED) is 0.743. The van der Waals surface area contributed by atoms with Crippen molar-refractivity contribution in [2.24, 2.45) is 0 Å². The second-order valence-corrected chi connectivity index (χ2v) is 5.10. The Kier molecular flexibility index (Phi) is 6.15. The Labute approximate surface area is 121 Å². The van der Waals surface area contributed by atoms with E-state index in [0.717, 1.165) is 44.1 Å². The first kappa shape index (κ1) is 15.1. The second-order valence-electron chi connectivity index (χ2n) is 5.10. The summed E-state index contributed by atoms with van der Waals surface area (Å²) in [5.74, 6) is 1.87. The van der Waals surface area contributed by atoms with Crippen LogP contribution in [0.1, 0.15) is 37.3 Å². The summed E-state index contributed by atoms with van der Waals surface area (Å²) in [6.45, 7) is 2.67. The monoisotopic (exact) mass is 279 g/mol. The molecule has 0 saturated heterocycles. The van der Waals surface area contributed by atoms with E-state index in [-0.39, 0.29) is 0 Å². The molecule has 20 heavy (non-hydrogen) atoms. The van der Waals surface area contributed by atoms with E-state index in [2.05, 4.69) is 11.4 Å². The van der Waals surface area contributed by atoms with Gasteiger partial charge >= 0.3 is 0 Å². The van der Waals surface area contributed by atoms with E-state index in [1.807, 2.05) is 12.1 Å². The first-order valence-electron chi connectivity index (χ1n) is 7.38. The van der Waals surface area contributed by atoms with Gasteiger partial charge in [-0.25, -0.2) is 0 Å². The highest BCUT2D eigenvalue weighted by atomic mass is 16.5. The van der Waals surface area contributed by atoms with Crippen molar-refractivity contribution in [3.8, 4) is 11.5 Å². The van der Waals surface area contributed by atoms with Gasteiger partial charge in [-0.15, -0.1) is 0 Å². The summed E-state index contributed by atoms with van der Waals surface area (Å²) in [6.07, 6.45) is 4.53. The molecule has 0 bridgehead atoms. The Morgan fingerprint density at radius 1 is 1.25 bits per heavy atom. The summed E-state index contributed by atoms with van der Waals surface area (Å²) in [6, 6.07) is 6.40. The minimum absolute atomic E-state index is 0.372. The summed E-state index contributed by atoms with van der Waals surface area (Å²) in [5, 5.41) is 3.63. The molecular weight excluding hydrogens is 254 g/mol. The number of methoxy groups -OCH3 is 2. The van der Waals surface area contributed by atoms with Crippen molar-refractivity contribution in [3.05, 3.63) is 23.8 Å². The minimum Gasteiger partial charge on any atom is -0.497 e. The fourth-order valence-electron chi connectivity index (χ4n) is 2.54. The zero-order valence-corrected chi connectivity index (χ0v) is 12.5. The predicted octanol–water partition coefficient (Wildman–Crippen LogP) is 2.93. The number of hydrogen-bond donors (Lipinski definition) is 1. The molecule has 0 aliphatic carbocycles. The smallest absolute Gasteiger partial charge is 0.124 e. The molecule has 1 N–H and O–H groups in total. The highest BCUT2D eigenvalue weighted by Crippen LogP contribution is 2.34. The number of rotatable bonds is 8. The second kappa shape index (κ2) is 8.12. The molecule has 0 fully saturated rings. The van der Waals surface area contributed by atoms with Crippen molar-refractivity contribution in [2.75, 3.05) is 34.0 Å². The molecule has 0 saturated carbocycles. The van der Waals surface area contributed by atoms with Gasteiger partial charge in [0.2, 0.25) is 0 Å². The fraction of sp³-hybridized carbons (Fsp3) is 0.625. The van der Waals surface area contributed by atoms with Crippen molar-refractivity contribution in [2.45, 2.75) is 31.7 Å². The van der Waals surface area contributed by atoms with Gasteiger partial charge in [-0.2, -0.15) is 0 Å². The van der Waals surface area contributed by atoms with Crippen molar-refractivity contribution in [1.82, 2.24) is 5.32 Å². The van der Waals surface area contributed by atoms with Gasteiger partial charge < -0.3 is 19.5 Å². The summed E-state index contributed by atoms with van der Waals surface area (Å²) in [7, 11) is 3.45. The zero-order chi connectivity index (χ0) is 14.2. The number of nitrogens with one attached hydrogen (secondary N) is 1. The van der Waals surface area contributed by atoms with E-state index >= 15 is 0 Å². The number of unbranched alkanes of at least 4 members (excludes halogenated alkanes) is 2. The molecule has 4 nitrogen and oxygen atoms in total. The lowest BCUT2D eigenvalue weighted by molar-refractivity contribution is 0.191. The molecule has 1 atom stereocenters. The molecule has 2 rings (SSSR count). The summed E-state index contributed by atoms with van der Waals surface area (Å²) in [5.41, 5.74) is 1.22. The SMILES string of the molecule is COCCCCCNC1CCOc2ccc(OC)cc21. The maximum absolute atomic E-state index is 5.70. The molecule has 1 aliphatic rings. The third-order valence-electron chi connectivity index (χ3n) is 3.67. The highest BCUT2D eigenvalue weighted by molar-refractivity contribution is 5.43. The third-order valence-corrected chi connectivity index (χ3v) is 3.67. The van der Waals surface area contributed by atoms with Gasteiger partial charge in [-0.1, -0.05) is 0 Å². The van der Waals surface area contributed by atoms with Crippen LogP contribution in [0.15, 0.2) is 18.2 Å². The molecule has 1 aromatic carbocycles. The lowest BCUT2D eigenvalue weighted by Crippen LogP contribution is -2.27. The Morgan fingerprint density at radius 2 is 2.15 bits per heavy atom. The molecule has 112 valence electrons. The zero-order valence-electron chi connectivity index (χ0n) is 12.5. The molecule has 0 aromatic heterocycles. The molecule has 0 amide bonds. The molecule has 1 aromatic rings. The van der Waals surface area contributed by atoms with Crippen LogP contribution in [0, 0.1) is 0 Å². The molecule has 0 radical (unpaired) electrons. The van der Waals surface area contributed by atoms with Crippen LogP contribution in [0.2, 0.25) is 0 Å². The molecule has 4 heteroatoms. The van der Waals surface area contributed by atoms with E-state index in [0.29, 0.717) is 6.04 Å². The van der Waals surface area contributed by atoms with Gasteiger partial charge in [-0.05, 0) is 44.0 Å². The number of fused-ring (bicyclic) bond motifs is 1. The first-order chi connectivity index (χ1) is 9.85. The van der Waals surface area contributed by atoms with Crippen LogP contribution < -0.4 is 14.8 Å². The first-order valence-corrected chi connectivity index (χ1v) is 7.38. The summed E-state index contributed by atoms with van der Waals surface area (Å²) >= 11 is 0. The lowest BCUT2D eigenvalue weighted by Gasteiger charge is -2.27. The van der Waals surface area contributed by atoms with Crippen molar-refractivity contribution in [1.29, 1.82) is 0 Å². The van der Waals surface area contributed by atoms with E-state index in [9.17, 15) is 0 Å². The lowest BCUT2D eigenvalue weighted by atomic mass is 10.00. The highest BCUT2D eigenvalue weighted by Gasteiger charge is 2.21. The molecular formula is C16H25NO3. The molecule has 1 unspecified atom stereocenters. The van der Waals surface area contributed by atoms with Crippen LogP contribution in [0.4, 0.5) is 0 Å². The van der Waals surface area contributed by atoms with Crippen LogP contribution in [0.25, 0.3) is 0 Å². The Bertz CT molecular complexity index is 409. The average Bonchev–Trinajstić information content (AvgIpc) is 2.50. The fourth-order valence-corrected chi connectivity index (χ4v) is 2.54. The summed E-state index contributed by atoms with van der Waals surface area (Å²) < 4.78 is 16.1. The van der Waals surface area contributed by atoms with Gasteiger partial charge in [0.1, 0.15) is 11.5 Å². The van der Waals surface area contributed by atoms with E-state index in [1.54, 1.807) is 14.2 Å². The standard InChI is InChI=1S/C16H25NO3/c1-18-10-5-3-4-9-17-15-8-11-20-16-7-6-13(19-2)12-14(15)16/h6-7,12,15,17H,3-5,8-11H2,1-2H3. The number of benzene rings is 1. The van der Waals surface area contributed by atoms with Crippen LogP contribution in [0.5, 0.6) is 11.5 Å². The van der Waals surface area contributed by atoms with Crippen molar-refractivity contribution in [3.63, 3.8) is 0 Å². The topological polar surface area (TPSA) is 39.7 Å². The maximum atomic E-state index is 5.70. The van der Waals surface area contributed by atoms with Crippen LogP contribution in [-0.4, -0.2) is 34.0 Å². The maximum Gasteiger partial charge on any atom is 0.124 e. The molecule has 1 heterocycles. The van der Waals surface area contributed by atoms with Gasteiger partial charge in [0.15, 0.2) is 0 Å². The van der Waals surface area contributed by atoms with Crippen molar-refractivity contribution < 1.29 is 14.2 Å². The Hall–Kier alpha value is -1.26. The number of ether oxygens (including phenoxy) is 3. The summed E-state index contributed by atoms with van der Waals surface area (Å²) in [4.78, 5) is 0. The van der Waals surface area contributed by atoms with E-state index in [1.165, 1.54) is 18.4 Å². The predicted molar refractivity (Wildman–Crippen MR) is 79.6 cm³/mol. The Morgan fingerprint density at radius 3 is 2.95 bits per heavy atom. The number of hydrogen-bond acceptors (Lipinski definition) is 4. The van der Waals surface area contributed by atoms with Crippen LogP contribution in [-0.2, 0) is 4.74 Å². The van der Waals surface area contributed by atoms with Gasteiger partial charge in [0, 0.05) is 31.7 Å². The van der Waals surface area contributed by atoms with Crippen LogP contribution in [0.3, 0.4) is 0 Å². The largest absolute Gasteiger partial charge is 0.497 e. The van der Waals surface area contributed by atoms with Crippen LogP contribution >= 0.6 is 0 Å². The normalized spacial score (nSPS) is 17.4. The van der Waals surface area contributed by atoms with E-state index in [4.69, 9.17) is 14.2 Å². The molecule has 0 spiro atoms. The minimum atomic E-state index is 0.372. The molecule has 1 aliphatic heterocycles. The van der Waals surface area contributed by atoms with Gasteiger partial charge in [0.05, 0.1) is 13.7 Å². The average molecular weight is 279 g/mol. The van der Waals surface area contributed by atoms with Gasteiger partial charge in [-0.3, -0.25) is 0 Å².